The zero-order valence-electron chi connectivity index (χ0n) is 11.7. The Kier molecular flexibility index (Phi) is 5.41. The van der Waals surface area contributed by atoms with Gasteiger partial charge in [-0.05, 0) is 59.0 Å². The number of halogens is 5. The monoisotopic (exact) mass is 455 g/mol. The summed E-state index contributed by atoms with van der Waals surface area (Å²) in [4.78, 5) is 12.3. The summed E-state index contributed by atoms with van der Waals surface area (Å²) in [7, 11) is 1.35. The lowest BCUT2D eigenvalue weighted by molar-refractivity contribution is -0.136. The van der Waals surface area contributed by atoms with Crippen LogP contribution in [0, 0.1) is 3.57 Å². The van der Waals surface area contributed by atoms with Gasteiger partial charge in [0.2, 0.25) is 0 Å². The third-order valence-corrected chi connectivity index (χ3v) is 3.85. The standard InChI is InChI=1S/C15H10ClF3INO2/c1-23-13-5-2-8(16)6-10(13)14(22)21-12-7-9(20)3-4-11(12)15(17,18)19/h2-7H,1H3,(H,21,22). The first-order valence-electron chi connectivity index (χ1n) is 6.24. The molecule has 23 heavy (non-hydrogen) atoms. The number of hydrogen-bond acceptors (Lipinski definition) is 2. The molecule has 0 aromatic heterocycles. The molecule has 0 aliphatic carbocycles. The summed E-state index contributed by atoms with van der Waals surface area (Å²) in [6.07, 6.45) is -4.58. The van der Waals surface area contributed by atoms with E-state index in [9.17, 15) is 18.0 Å². The molecule has 0 radical (unpaired) electrons. The summed E-state index contributed by atoms with van der Waals surface area (Å²) >= 11 is 7.70. The van der Waals surface area contributed by atoms with Gasteiger partial charge in [-0.25, -0.2) is 0 Å². The molecular formula is C15H10ClF3INO2. The van der Waals surface area contributed by atoms with Gasteiger partial charge in [0.15, 0.2) is 0 Å². The molecule has 0 spiro atoms. The number of carbonyl (C=O) groups is 1. The predicted molar refractivity (Wildman–Crippen MR) is 90.1 cm³/mol. The Hall–Kier alpha value is -1.48. The molecule has 2 aromatic carbocycles. The van der Waals surface area contributed by atoms with Crippen molar-refractivity contribution in [1.82, 2.24) is 0 Å². The number of rotatable bonds is 3. The SMILES string of the molecule is COc1ccc(Cl)cc1C(=O)Nc1cc(I)ccc1C(F)(F)F. The lowest BCUT2D eigenvalue weighted by atomic mass is 10.1. The van der Waals surface area contributed by atoms with Gasteiger partial charge in [-0.2, -0.15) is 13.2 Å². The van der Waals surface area contributed by atoms with Gasteiger partial charge < -0.3 is 10.1 Å². The number of anilines is 1. The van der Waals surface area contributed by atoms with Gasteiger partial charge in [-0.1, -0.05) is 11.6 Å². The molecule has 0 saturated heterocycles. The number of ether oxygens (including phenoxy) is 1. The van der Waals surface area contributed by atoms with Gasteiger partial charge in [-0.3, -0.25) is 4.79 Å². The minimum Gasteiger partial charge on any atom is -0.496 e. The fourth-order valence-electron chi connectivity index (χ4n) is 1.91. The Labute approximate surface area is 148 Å². The second-order valence-corrected chi connectivity index (χ2v) is 6.17. The Morgan fingerprint density at radius 2 is 1.91 bits per heavy atom. The zero-order chi connectivity index (χ0) is 17.2. The van der Waals surface area contributed by atoms with Crippen LogP contribution < -0.4 is 10.1 Å². The maximum absolute atomic E-state index is 13.0. The fourth-order valence-corrected chi connectivity index (χ4v) is 2.58. The van der Waals surface area contributed by atoms with E-state index in [1.54, 1.807) is 0 Å². The van der Waals surface area contributed by atoms with E-state index in [1.165, 1.54) is 37.4 Å². The first-order valence-corrected chi connectivity index (χ1v) is 7.69. The molecule has 2 rings (SSSR count). The molecule has 0 heterocycles. The second-order valence-electron chi connectivity index (χ2n) is 4.49. The summed E-state index contributed by atoms with van der Waals surface area (Å²) in [5, 5.41) is 2.55. The smallest absolute Gasteiger partial charge is 0.418 e. The molecule has 8 heteroatoms. The van der Waals surface area contributed by atoms with E-state index in [0.717, 1.165) is 6.07 Å². The van der Waals surface area contributed by atoms with Gasteiger partial charge in [-0.15, -0.1) is 0 Å². The molecule has 1 N–H and O–H groups in total. The van der Waals surface area contributed by atoms with Crippen molar-refractivity contribution in [2.24, 2.45) is 0 Å². The van der Waals surface area contributed by atoms with Crippen molar-refractivity contribution in [3.05, 3.63) is 56.1 Å². The number of amides is 1. The summed E-state index contributed by atoms with van der Waals surface area (Å²) < 4.78 is 44.7. The Morgan fingerprint density at radius 1 is 1.22 bits per heavy atom. The van der Waals surface area contributed by atoms with Crippen molar-refractivity contribution in [1.29, 1.82) is 0 Å². The largest absolute Gasteiger partial charge is 0.496 e. The Morgan fingerprint density at radius 3 is 2.52 bits per heavy atom. The van der Waals surface area contributed by atoms with E-state index in [1.807, 2.05) is 22.6 Å². The molecule has 0 aliphatic heterocycles. The van der Waals surface area contributed by atoms with Crippen molar-refractivity contribution in [3.8, 4) is 5.75 Å². The van der Waals surface area contributed by atoms with Crippen LogP contribution in [-0.4, -0.2) is 13.0 Å². The van der Waals surface area contributed by atoms with Crippen molar-refractivity contribution >= 4 is 45.8 Å². The highest BCUT2D eigenvalue weighted by Gasteiger charge is 2.34. The average molecular weight is 456 g/mol. The van der Waals surface area contributed by atoms with Crippen LogP contribution in [0.25, 0.3) is 0 Å². The number of alkyl halides is 3. The first-order chi connectivity index (χ1) is 10.7. The van der Waals surface area contributed by atoms with Gasteiger partial charge >= 0.3 is 6.18 Å². The van der Waals surface area contributed by atoms with E-state index in [-0.39, 0.29) is 22.0 Å². The van der Waals surface area contributed by atoms with Gasteiger partial charge in [0, 0.05) is 8.59 Å². The lowest BCUT2D eigenvalue weighted by Crippen LogP contribution is -2.17. The highest BCUT2D eigenvalue weighted by atomic mass is 127. The topological polar surface area (TPSA) is 38.3 Å². The predicted octanol–water partition coefficient (Wildman–Crippen LogP) is 5.22. The van der Waals surface area contributed by atoms with Crippen molar-refractivity contribution in [3.63, 3.8) is 0 Å². The van der Waals surface area contributed by atoms with Crippen LogP contribution in [0.15, 0.2) is 36.4 Å². The average Bonchev–Trinajstić information content (AvgIpc) is 2.45. The third-order valence-electron chi connectivity index (χ3n) is 2.94. The van der Waals surface area contributed by atoms with E-state index in [2.05, 4.69) is 5.32 Å². The van der Waals surface area contributed by atoms with E-state index >= 15 is 0 Å². The van der Waals surface area contributed by atoms with Crippen LogP contribution in [-0.2, 0) is 6.18 Å². The number of nitrogens with one attached hydrogen (secondary N) is 1. The molecule has 2 aromatic rings. The molecule has 0 aliphatic rings. The maximum Gasteiger partial charge on any atom is 0.418 e. The van der Waals surface area contributed by atoms with E-state index in [4.69, 9.17) is 16.3 Å². The van der Waals surface area contributed by atoms with Crippen LogP contribution in [0.3, 0.4) is 0 Å². The molecule has 3 nitrogen and oxygen atoms in total. The summed E-state index contributed by atoms with van der Waals surface area (Å²) in [5.41, 5.74) is -1.20. The van der Waals surface area contributed by atoms with E-state index < -0.39 is 17.6 Å². The van der Waals surface area contributed by atoms with Crippen LogP contribution in [0.5, 0.6) is 5.75 Å². The van der Waals surface area contributed by atoms with Crippen LogP contribution in [0.2, 0.25) is 5.02 Å². The van der Waals surface area contributed by atoms with Gasteiger partial charge in [0.25, 0.3) is 5.91 Å². The summed E-state index contributed by atoms with van der Waals surface area (Å²) in [6.45, 7) is 0. The Balaban J connectivity index is 2.42. The lowest BCUT2D eigenvalue weighted by Gasteiger charge is -2.15. The van der Waals surface area contributed by atoms with E-state index in [0.29, 0.717) is 3.57 Å². The van der Waals surface area contributed by atoms with Gasteiger partial charge in [0.05, 0.1) is 23.9 Å². The summed E-state index contributed by atoms with van der Waals surface area (Å²) in [6, 6.07) is 7.81. The molecule has 0 atom stereocenters. The highest BCUT2D eigenvalue weighted by Crippen LogP contribution is 2.36. The highest BCUT2D eigenvalue weighted by molar-refractivity contribution is 14.1. The normalized spacial score (nSPS) is 11.2. The first kappa shape index (κ1) is 17.9. The zero-order valence-corrected chi connectivity index (χ0v) is 14.6. The number of methoxy groups -OCH3 is 1. The third kappa shape index (κ3) is 4.29. The number of hydrogen-bond donors (Lipinski definition) is 1. The molecule has 0 bridgehead atoms. The van der Waals surface area contributed by atoms with Crippen LogP contribution in [0.1, 0.15) is 15.9 Å². The molecule has 1 amide bonds. The second kappa shape index (κ2) is 6.96. The molecular weight excluding hydrogens is 446 g/mol. The van der Waals surface area contributed by atoms with Crippen LogP contribution >= 0.6 is 34.2 Å². The Bertz CT molecular complexity index is 750. The molecule has 0 saturated carbocycles. The minimum atomic E-state index is -4.58. The molecule has 0 unspecified atom stereocenters. The number of carbonyl (C=O) groups excluding carboxylic acids is 1. The summed E-state index contributed by atoms with van der Waals surface area (Å²) in [5.74, 6) is -0.525. The quantitative estimate of drug-likeness (QED) is 0.644. The van der Waals surface area contributed by atoms with Crippen LogP contribution in [0.4, 0.5) is 18.9 Å². The van der Waals surface area contributed by atoms with Crippen molar-refractivity contribution in [2.45, 2.75) is 6.18 Å². The fraction of sp³-hybridized carbons (Fsp3) is 0.133. The van der Waals surface area contributed by atoms with Crippen molar-refractivity contribution < 1.29 is 22.7 Å². The minimum absolute atomic E-state index is 0.0481. The number of benzene rings is 2. The maximum atomic E-state index is 13.0. The van der Waals surface area contributed by atoms with Gasteiger partial charge in [0.1, 0.15) is 5.75 Å². The molecule has 0 fully saturated rings. The molecule has 122 valence electrons. The van der Waals surface area contributed by atoms with Crippen molar-refractivity contribution in [2.75, 3.05) is 12.4 Å².